The van der Waals surface area contributed by atoms with Crippen LogP contribution in [0.4, 0.5) is 0 Å². The predicted molar refractivity (Wildman–Crippen MR) is 82.8 cm³/mol. The molecule has 0 unspecified atom stereocenters. The molecule has 9 heteroatoms. The first-order valence-corrected chi connectivity index (χ1v) is 8.08. The maximum absolute atomic E-state index is 12.9. The molecule has 1 atom stereocenters. The third-order valence-electron chi connectivity index (χ3n) is 3.75. The molecule has 1 amide bonds. The largest absolute Gasteiger partial charge is 0.496 e. The highest BCUT2D eigenvalue weighted by Crippen LogP contribution is 2.35. The zero-order chi connectivity index (χ0) is 18.2. The van der Waals surface area contributed by atoms with Crippen LogP contribution >= 0.6 is 0 Å². The van der Waals surface area contributed by atoms with E-state index >= 15 is 0 Å². The first kappa shape index (κ1) is 18.9. The fourth-order valence-electron chi connectivity index (χ4n) is 2.37. The molecular formula is C14H20N2O6S. The Balaban J connectivity index is 3.77. The van der Waals surface area contributed by atoms with Crippen LogP contribution in [0.3, 0.4) is 0 Å². The fraction of sp³-hybridized carbons (Fsp3) is 0.429. The lowest BCUT2D eigenvalue weighted by atomic mass is 10.1. The van der Waals surface area contributed by atoms with Crippen molar-refractivity contribution in [1.82, 2.24) is 0 Å². The molecule has 0 aliphatic rings. The monoisotopic (exact) mass is 344 g/mol. The number of carboxylic acids is 1. The molecule has 0 saturated carbocycles. The number of carbonyl (C=O) groups is 2. The first-order valence-electron chi connectivity index (χ1n) is 6.60. The summed E-state index contributed by atoms with van der Waals surface area (Å²) < 4.78 is 30.9. The molecule has 23 heavy (non-hydrogen) atoms. The normalized spacial score (nSPS) is 14.1. The average molecular weight is 344 g/mol. The van der Waals surface area contributed by atoms with Crippen LogP contribution in [0.25, 0.3) is 0 Å². The second-order valence-corrected chi connectivity index (χ2v) is 7.46. The Morgan fingerprint density at radius 2 is 1.78 bits per heavy atom. The first-order chi connectivity index (χ1) is 10.4. The summed E-state index contributed by atoms with van der Waals surface area (Å²) in [6.45, 7) is 4.65. The summed E-state index contributed by atoms with van der Waals surface area (Å²) in [6, 6.07) is 1.47. The lowest BCUT2D eigenvalue weighted by molar-refractivity contribution is -0.141. The highest BCUT2D eigenvalue weighted by molar-refractivity contribution is 7.93. The minimum atomic E-state index is -4.58. The minimum Gasteiger partial charge on any atom is -0.496 e. The van der Waals surface area contributed by atoms with Crippen molar-refractivity contribution < 1.29 is 27.9 Å². The Labute approximate surface area is 134 Å². The van der Waals surface area contributed by atoms with E-state index in [0.29, 0.717) is 16.9 Å². The Morgan fingerprint density at radius 3 is 2.17 bits per heavy atom. The van der Waals surface area contributed by atoms with Crippen molar-refractivity contribution in [2.24, 2.45) is 11.5 Å². The minimum absolute atomic E-state index is 0.234. The number of aryl methyl sites for hydroxylation is 1. The van der Waals surface area contributed by atoms with Gasteiger partial charge in [-0.2, -0.15) is 0 Å². The van der Waals surface area contributed by atoms with E-state index in [4.69, 9.17) is 16.2 Å². The molecule has 0 aromatic heterocycles. The Kier molecular flexibility index (Phi) is 5.07. The second kappa shape index (κ2) is 6.17. The molecule has 128 valence electrons. The quantitative estimate of drug-likeness (QED) is 0.657. The molecule has 0 saturated heterocycles. The average Bonchev–Trinajstić information content (AvgIpc) is 2.41. The van der Waals surface area contributed by atoms with Gasteiger partial charge in [-0.15, -0.1) is 0 Å². The van der Waals surface area contributed by atoms with E-state index in [2.05, 4.69) is 0 Å². The topological polar surface area (TPSA) is 150 Å². The number of methoxy groups -OCH3 is 1. The van der Waals surface area contributed by atoms with Gasteiger partial charge in [0, 0.05) is 0 Å². The molecule has 0 bridgehead atoms. The van der Waals surface area contributed by atoms with E-state index in [9.17, 15) is 23.1 Å². The Hall–Kier alpha value is -2.13. The van der Waals surface area contributed by atoms with E-state index in [1.807, 2.05) is 0 Å². The molecule has 0 radical (unpaired) electrons. The van der Waals surface area contributed by atoms with Gasteiger partial charge in [0.1, 0.15) is 5.75 Å². The van der Waals surface area contributed by atoms with Crippen LogP contribution in [0.5, 0.6) is 5.75 Å². The number of primary amides is 1. The van der Waals surface area contributed by atoms with Crippen molar-refractivity contribution in [1.29, 1.82) is 0 Å². The van der Waals surface area contributed by atoms with E-state index in [0.717, 1.165) is 0 Å². The molecule has 5 N–H and O–H groups in total. The lowest BCUT2D eigenvalue weighted by Gasteiger charge is -2.26. The number of amides is 1. The molecule has 0 aliphatic heterocycles. The molecule has 1 aromatic rings. The summed E-state index contributed by atoms with van der Waals surface area (Å²) in [5, 5.41) is 9.29. The van der Waals surface area contributed by atoms with Gasteiger partial charge in [-0.25, -0.2) is 13.2 Å². The maximum Gasteiger partial charge on any atom is 0.340 e. The van der Waals surface area contributed by atoms with Crippen molar-refractivity contribution in [3.63, 3.8) is 0 Å². The number of sulfone groups is 1. The maximum atomic E-state index is 12.9. The van der Waals surface area contributed by atoms with Crippen LogP contribution in [0.15, 0.2) is 11.0 Å². The summed E-state index contributed by atoms with van der Waals surface area (Å²) in [4.78, 5) is 19.5. The number of hydrogen-bond donors (Lipinski definition) is 3. The lowest BCUT2D eigenvalue weighted by Crippen LogP contribution is -2.57. The van der Waals surface area contributed by atoms with Gasteiger partial charge in [-0.3, -0.25) is 4.79 Å². The van der Waals surface area contributed by atoms with E-state index in [1.165, 1.54) is 27.0 Å². The van der Waals surface area contributed by atoms with Crippen LogP contribution in [0.2, 0.25) is 0 Å². The number of carbonyl (C=O) groups excluding carboxylic acids is 1. The van der Waals surface area contributed by atoms with Crippen molar-refractivity contribution in [2.45, 2.75) is 37.0 Å². The number of hydrogen-bond acceptors (Lipinski definition) is 6. The summed E-state index contributed by atoms with van der Waals surface area (Å²) in [5.41, 5.74) is 11.7. The molecule has 8 nitrogen and oxygen atoms in total. The number of nitrogens with two attached hydrogens (primary N) is 2. The molecule has 1 aromatic carbocycles. The van der Waals surface area contributed by atoms with Crippen molar-refractivity contribution >= 4 is 21.7 Å². The number of ether oxygens (including phenoxy) is 1. The van der Waals surface area contributed by atoms with Crippen molar-refractivity contribution in [2.75, 3.05) is 7.11 Å². The van der Waals surface area contributed by atoms with Gasteiger partial charge < -0.3 is 21.3 Å². The third-order valence-corrected chi connectivity index (χ3v) is 6.19. The summed E-state index contributed by atoms with van der Waals surface area (Å²) in [5.74, 6) is -2.51. The van der Waals surface area contributed by atoms with Crippen LogP contribution in [-0.2, 0) is 19.4 Å². The molecule has 0 fully saturated rings. The van der Waals surface area contributed by atoms with Crippen molar-refractivity contribution in [3.05, 3.63) is 22.8 Å². The van der Waals surface area contributed by atoms with Crippen LogP contribution in [-0.4, -0.2) is 37.4 Å². The molecule has 0 heterocycles. The number of rotatable bonds is 6. The third kappa shape index (κ3) is 3.02. The molecule has 0 spiro atoms. The standard InChI is InChI=1S/C14H20N2O6S/c1-7-5-10(22-4)8(2)9(3)12(7)23(20,21)14(16,13(18)19)6-11(15)17/h5H,6,16H2,1-4H3,(H2,15,17)(H,18,19)/t14-/m1/s1. The second-order valence-electron chi connectivity index (χ2n) is 5.32. The Bertz CT molecular complexity index is 772. The summed E-state index contributed by atoms with van der Waals surface area (Å²) in [7, 11) is -3.14. The van der Waals surface area contributed by atoms with E-state index < -0.39 is 33.0 Å². The number of carboxylic acid groups (broad SMARTS) is 1. The highest BCUT2D eigenvalue weighted by atomic mass is 32.2. The van der Waals surface area contributed by atoms with Gasteiger partial charge in [-0.1, -0.05) is 0 Å². The van der Waals surface area contributed by atoms with Gasteiger partial charge in [0.15, 0.2) is 0 Å². The van der Waals surface area contributed by atoms with Gasteiger partial charge in [0.2, 0.25) is 20.6 Å². The van der Waals surface area contributed by atoms with Crippen molar-refractivity contribution in [3.8, 4) is 5.75 Å². The Morgan fingerprint density at radius 1 is 1.26 bits per heavy atom. The summed E-state index contributed by atoms with van der Waals surface area (Å²) >= 11 is 0. The summed E-state index contributed by atoms with van der Waals surface area (Å²) in [6.07, 6.45) is -1.03. The smallest absolute Gasteiger partial charge is 0.340 e. The number of aliphatic carboxylic acids is 1. The van der Waals surface area contributed by atoms with E-state index in [-0.39, 0.29) is 10.5 Å². The van der Waals surface area contributed by atoms with E-state index in [1.54, 1.807) is 6.92 Å². The van der Waals surface area contributed by atoms with Gasteiger partial charge in [-0.05, 0) is 43.5 Å². The molecule has 0 aliphatic carbocycles. The highest BCUT2D eigenvalue weighted by Gasteiger charge is 2.51. The molecule has 1 rings (SSSR count). The SMILES string of the molecule is COc1cc(C)c(S(=O)(=O)[C@](N)(CC(N)=O)C(=O)O)c(C)c1C. The zero-order valence-corrected chi connectivity index (χ0v) is 14.2. The zero-order valence-electron chi connectivity index (χ0n) is 13.3. The van der Waals surface area contributed by atoms with Crippen LogP contribution in [0, 0.1) is 20.8 Å². The number of benzene rings is 1. The molecular weight excluding hydrogens is 324 g/mol. The van der Waals surface area contributed by atoms with Gasteiger partial charge in [0.25, 0.3) is 0 Å². The van der Waals surface area contributed by atoms with Crippen LogP contribution in [0.1, 0.15) is 23.1 Å². The predicted octanol–water partition coefficient (Wildman–Crippen LogP) is 0.00916. The van der Waals surface area contributed by atoms with Crippen LogP contribution < -0.4 is 16.2 Å². The van der Waals surface area contributed by atoms with Gasteiger partial charge >= 0.3 is 5.97 Å². The van der Waals surface area contributed by atoms with Gasteiger partial charge in [0.05, 0.1) is 18.4 Å². The fourth-order valence-corrected chi connectivity index (χ4v) is 4.34.